The van der Waals surface area contributed by atoms with Gasteiger partial charge in [0.25, 0.3) is 5.91 Å². The average Bonchev–Trinajstić information content (AvgIpc) is 3.62. The van der Waals surface area contributed by atoms with Crippen LogP contribution in [0.3, 0.4) is 0 Å². The van der Waals surface area contributed by atoms with Crippen LogP contribution >= 0.6 is 11.3 Å². The number of thiazole rings is 1. The summed E-state index contributed by atoms with van der Waals surface area (Å²) in [5.74, 6) is -0.484. The van der Waals surface area contributed by atoms with Gasteiger partial charge in [0.05, 0.1) is 16.1 Å². The van der Waals surface area contributed by atoms with Crippen LogP contribution in [-0.2, 0) is 22.7 Å². The topological polar surface area (TPSA) is 82.6 Å². The molecule has 1 saturated heterocycles. The van der Waals surface area contributed by atoms with E-state index in [-0.39, 0.29) is 17.7 Å². The zero-order valence-electron chi connectivity index (χ0n) is 20.8. The van der Waals surface area contributed by atoms with E-state index < -0.39 is 11.6 Å². The highest BCUT2D eigenvalue weighted by Gasteiger charge is 2.47. The number of hydrogen-bond acceptors (Lipinski definition) is 5. The Morgan fingerprint density at radius 1 is 1.14 bits per heavy atom. The standard InChI is InChI=1S/C28H30N4O3S/c1-18-24(36-17-30-18)20-12-10-19(11-13-20)15-29-25(33)23-9-6-14-31(23)27(35)28(2,3)32-16-21-7-4-5-8-22(21)26(32)34/h4-5,7-8,10-13,17,23H,6,9,14-16H2,1-3H3,(H,29,33). The number of carbonyl (C=O) groups excluding carboxylic acids is 3. The van der Waals surface area contributed by atoms with E-state index in [0.717, 1.165) is 33.7 Å². The van der Waals surface area contributed by atoms with Gasteiger partial charge in [0, 0.05) is 25.2 Å². The Morgan fingerprint density at radius 3 is 2.58 bits per heavy atom. The van der Waals surface area contributed by atoms with Crippen LogP contribution in [0, 0.1) is 6.92 Å². The van der Waals surface area contributed by atoms with Gasteiger partial charge in [-0.1, -0.05) is 42.5 Å². The number of rotatable bonds is 6. The van der Waals surface area contributed by atoms with Gasteiger partial charge >= 0.3 is 0 Å². The molecule has 0 radical (unpaired) electrons. The first-order chi connectivity index (χ1) is 17.3. The van der Waals surface area contributed by atoms with Crippen molar-refractivity contribution in [3.8, 4) is 10.4 Å². The van der Waals surface area contributed by atoms with Gasteiger partial charge in [-0.05, 0) is 56.4 Å². The Bertz CT molecular complexity index is 1310. The molecule has 3 amide bonds. The number of fused-ring (bicyclic) bond motifs is 1. The largest absolute Gasteiger partial charge is 0.350 e. The van der Waals surface area contributed by atoms with Crippen molar-refractivity contribution < 1.29 is 14.4 Å². The quantitative estimate of drug-likeness (QED) is 0.549. The molecule has 7 nitrogen and oxygen atoms in total. The Labute approximate surface area is 215 Å². The van der Waals surface area contributed by atoms with Crippen molar-refractivity contribution in [2.45, 2.75) is 58.3 Å². The summed E-state index contributed by atoms with van der Waals surface area (Å²) >= 11 is 1.61. The maximum Gasteiger partial charge on any atom is 0.255 e. The molecule has 1 N–H and O–H groups in total. The molecule has 1 aromatic heterocycles. The number of benzene rings is 2. The van der Waals surface area contributed by atoms with Crippen LogP contribution in [0.4, 0.5) is 0 Å². The molecule has 36 heavy (non-hydrogen) atoms. The number of aromatic nitrogens is 1. The smallest absolute Gasteiger partial charge is 0.255 e. The van der Waals surface area contributed by atoms with E-state index in [1.807, 2.05) is 54.9 Å². The number of nitrogens with zero attached hydrogens (tertiary/aromatic N) is 3. The number of carbonyl (C=O) groups is 3. The van der Waals surface area contributed by atoms with Crippen LogP contribution in [0.1, 0.15) is 53.9 Å². The summed E-state index contributed by atoms with van der Waals surface area (Å²) in [5.41, 5.74) is 5.47. The number of aryl methyl sites for hydroxylation is 1. The highest BCUT2D eigenvalue weighted by Crippen LogP contribution is 2.32. The second kappa shape index (κ2) is 9.50. The van der Waals surface area contributed by atoms with Crippen LogP contribution in [0.15, 0.2) is 54.0 Å². The molecule has 0 bridgehead atoms. The van der Waals surface area contributed by atoms with Crippen LogP contribution in [0.25, 0.3) is 10.4 Å². The zero-order chi connectivity index (χ0) is 25.4. The number of hydrogen-bond donors (Lipinski definition) is 1. The van der Waals surface area contributed by atoms with E-state index in [2.05, 4.69) is 10.3 Å². The maximum atomic E-state index is 13.7. The molecule has 2 aliphatic heterocycles. The first-order valence-electron chi connectivity index (χ1n) is 12.3. The van der Waals surface area contributed by atoms with Crippen LogP contribution in [0.5, 0.6) is 0 Å². The van der Waals surface area contributed by atoms with Gasteiger partial charge in [-0.25, -0.2) is 4.98 Å². The third kappa shape index (κ3) is 4.30. The summed E-state index contributed by atoms with van der Waals surface area (Å²) in [6.07, 6.45) is 1.38. The monoisotopic (exact) mass is 502 g/mol. The molecule has 8 heteroatoms. The van der Waals surface area contributed by atoms with E-state index in [1.54, 1.807) is 41.1 Å². The van der Waals surface area contributed by atoms with Gasteiger partial charge < -0.3 is 15.1 Å². The summed E-state index contributed by atoms with van der Waals surface area (Å²) in [5, 5.41) is 3.01. The first-order valence-corrected chi connectivity index (χ1v) is 13.1. The average molecular weight is 503 g/mol. The molecule has 2 aromatic carbocycles. The summed E-state index contributed by atoms with van der Waals surface area (Å²) < 4.78 is 0. The molecule has 186 valence electrons. The summed E-state index contributed by atoms with van der Waals surface area (Å²) in [4.78, 5) is 48.6. The molecule has 0 spiro atoms. The highest BCUT2D eigenvalue weighted by molar-refractivity contribution is 7.13. The van der Waals surface area contributed by atoms with Crippen molar-refractivity contribution in [1.82, 2.24) is 20.1 Å². The molecule has 5 rings (SSSR count). The molecule has 0 saturated carbocycles. The first kappa shape index (κ1) is 24.2. The number of likely N-dealkylation sites (tertiary alicyclic amines) is 1. The third-order valence-electron chi connectivity index (χ3n) is 7.26. The maximum absolute atomic E-state index is 13.7. The SMILES string of the molecule is Cc1ncsc1-c1ccc(CNC(=O)C2CCCN2C(=O)C(C)(C)N2Cc3ccccc3C2=O)cc1. The lowest BCUT2D eigenvalue weighted by atomic mass is 10.00. The van der Waals surface area contributed by atoms with Gasteiger partial charge in [0.2, 0.25) is 11.8 Å². The summed E-state index contributed by atoms with van der Waals surface area (Å²) in [6, 6.07) is 15.0. The van der Waals surface area contributed by atoms with Crippen molar-refractivity contribution in [3.05, 3.63) is 76.4 Å². The predicted octanol–water partition coefficient (Wildman–Crippen LogP) is 4.16. The molecule has 2 aliphatic rings. The predicted molar refractivity (Wildman–Crippen MR) is 139 cm³/mol. The van der Waals surface area contributed by atoms with Gasteiger partial charge in [-0.3, -0.25) is 14.4 Å². The molecular formula is C28H30N4O3S. The third-order valence-corrected chi connectivity index (χ3v) is 8.24. The van der Waals surface area contributed by atoms with E-state index in [9.17, 15) is 14.4 Å². The minimum Gasteiger partial charge on any atom is -0.350 e. The Hall–Kier alpha value is -3.52. The molecule has 3 heterocycles. The van der Waals surface area contributed by atoms with Crippen LogP contribution in [-0.4, -0.2) is 50.6 Å². The van der Waals surface area contributed by atoms with Crippen LogP contribution < -0.4 is 5.32 Å². The van der Waals surface area contributed by atoms with Gasteiger partial charge in [0.1, 0.15) is 11.6 Å². The Kier molecular flexibility index (Phi) is 6.38. The Balaban J connectivity index is 1.23. The van der Waals surface area contributed by atoms with Gasteiger partial charge in [-0.15, -0.1) is 11.3 Å². The minimum absolute atomic E-state index is 0.138. The molecule has 1 fully saturated rings. The Morgan fingerprint density at radius 2 is 1.89 bits per heavy atom. The minimum atomic E-state index is -1.05. The highest BCUT2D eigenvalue weighted by atomic mass is 32.1. The fraction of sp³-hybridized carbons (Fsp3) is 0.357. The summed E-state index contributed by atoms with van der Waals surface area (Å²) in [7, 11) is 0. The lowest BCUT2D eigenvalue weighted by molar-refractivity contribution is -0.146. The second-order valence-electron chi connectivity index (χ2n) is 9.95. The van der Waals surface area contributed by atoms with Crippen molar-refractivity contribution >= 4 is 29.1 Å². The van der Waals surface area contributed by atoms with E-state index >= 15 is 0 Å². The van der Waals surface area contributed by atoms with Crippen molar-refractivity contribution in [2.75, 3.05) is 6.54 Å². The molecule has 3 aromatic rings. The fourth-order valence-electron chi connectivity index (χ4n) is 5.12. The van der Waals surface area contributed by atoms with Gasteiger partial charge in [0.15, 0.2) is 0 Å². The summed E-state index contributed by atoms with van der Waals surface area (Å²) in [6.45, 7) is 6.85. The number of amides is 3. The van der Waals surface area contributed by atoms with Gasteiger partial charge in [-0.2, -0.15) is 0 Å². The van der Waals surface area contributed by atoms with Crippen LogP contribution in [0.2, 0.25) is 0 Å². The normalized spacial score (nSPS) is 17.4. The van der Waals surface area contributed by atoms with Crippen molar-refractivity contribution in [1.29, 1.82) is 0 Å². The van der Waals surface area contributed by atoms with Crippen molar-refractivity contribution in [3.63, 3.8) is 0 Å². The second-order valence-corrected chi connectivity index (χ2v) is 10.8. The molecule has 0 aliphatic carbocycles. The van der Waals surface area contributed by atoms with Crippen molar-refractivity contribution in [2.24, 2.45) is 0 Å². The number of nitrogens with one attached hydrogen (secondary N) is 1. The molecule has 1 unspecified atom stereocenters. The van der Waals surface area contributed by atoms with E-state index in [0.29, 0.717) is 31.6 Å². The lowest BCUT2D eigenvalue weighted by Gasteiger charge is -2.38. The fourth-order valence-corrected chi connectivity index (χ4v) is 5.93. The van der Waals surface area contributed by atoms with E-state index in [1.165, 1.54) is 0 Å². The lowest BCUT2D eigenvalue weighted by Crippen LogP contribution is -2.58. The molecule has 1 atom stereocenters. The van der Waals surface area contributed by atoms with E-state index in [4.69, 9.17) is 0 Å². The molecular weight excluding hydrogens is 472 g/mol. The zero-order valence-corrected chi connectivity index (χ0v) is 21.6.